The summed E-state index contributed by atoms with van der Waals surface area (Å²) in [6.07, 6.45) is 0.953. The Bertz CT molecular complexity index is 410. The van der Waals surface area contributed by atoms with Gasteiger partial charge in [0, 0.05) is 0 Å². The van der Waals surface area contributed by atoms with Crippen LogP contribution in [0, 0.1) is 0 Å². The van der Waals surface area contributed by atoms with E-state index in [1.54, 1.807) is 13.8 Å². The van der Waals surface area contributed by atoms with E-state index < -0.39 is 11.5 Å². The van der Waals surface area contributed by atoms with Crippen LogP contribution in [-0.2, 0) is 16.0 Å². The van der Waals surface area contributed by atoms with Crippen molar-refractivity contribution >= 4 is 11.9 Å². The number of carboxylic acid groups (broad SMARTS) is 1. The van der Waals surface area contributed by atoms with Gasteiger partial charge in [-0.3, -0.25) is 4.79 Å². The van der Waals surface area contributed by atoms with Gasteiger partial charge in [0.15, 0.2) is 0 Å². The summed E-state index contributed by atoms with van der Waals surface area (Å²) in [7, 11) is 0. The van der Waals surface area contributed by atoms with Crippen LogP contribution < -0.4 is 5.32 Å². The average Bonchev–Trinajstić information content (AvgIpc) is 2.37. The van der Waals surface area contributed by atoms with Gasteiger partial charge in [-0.2, -0.15) is 0 Å². The van der Waals surface area contributed by atoms with Crippen molar-refractivity contribution in [2.45, 2.75) is 38.6 Å². The van der Waals surface area contributed by atoms with Crippen molar-refractivity contribution in [2.24, 2.45) is 0 Å². The van der Waals surface area contributed by atoms with Gasteiger partial charge in [-0.25, -0.2) is 4.79 Å². The van der Waals surface area contributed by atoms with Crippen LogP contribution in [0.2, 0.25) is 0 Å². The Labute approximate surface area is 107 Å². The standard InChI is InChI=1S/C14H19NO3/c1-3-14(4-2,13(17)18)15-12(16)10-11-8-6-5-7-9-11/h5-9H,3-4,10H2,1-2H3,(H,15,16)(H,17,18). The zero-order valence-corrected chi connectivity index (χ0v) is 10.8. The molecule has 1 amide bonds. The van der Waals surface area contributed by atoms with Crippen LogP contribution in [0.3, 0.4) is 0 Å². The Kier molecular flexibility index (Phi) is 4.89. The van der Waals surface area contributed by atoms with Crippen LogP contribution in [0.1, 0.15) is 32.3 Å². The molecule has 1 aromatic carbocycles. The summed E-state index contributed by atoms with van der Waals surface area (Å²) in [5.41, 5.74) is -0.271. The summed E-state index contributed by atoms with van der Waals surface area (Å²) in [5, 5.41) is 11.9. The Morgan fingerprint density at radius 1 is 1.17 bits per heavy atom. The molecule has 0 atom stereocenters. The molecule has 0 bridgehead atoms. The van der Waals surface area contributed by atoms with Crippen molar-refractivity contribution in [3.63, 3.8) is 0 Å². The summed E-state index contributed by atoms with van der Waals surface area (Å²) in [6.45, 7) is 3.53. The number of hydrogen-bond acceptors (Lipinski definition) is 2. The molecule has 0 saturated carbocycles. The summed E-state index contributed by atoms with van der Waals surface area (Å²) in [5.74, 6) is -1.23. The minimum absolute atomic E-state index is 0.204. The molecular formula is C14H19NO3. The van der Waals surface area contributed by atoms with Gasteiger partial charge in [0.05, 0.1) is 6.42 Å². The normalized spacial score (nSPS) is 11.0. The van der Waals surface area contributed by atoms with Gasteiger partial charge in [0.1, 0.15) is 5.54 Å². The minimum atomic E-state index is -1.15. The molecule has 1 rings (SSSR count). The van der Waals surface area contributed by atoms with Crippen molar-refractivity contribution in [1.29, 1.82) is 0 Å². The molecule has 0 heterocycles. The number of carbonyl (C=O) groups is 2. The first-order valence-electron chi connectivity index (χ1n) is 6.12. The molecule has 0 aliphatic carbocycles. The summed E-state index contributed by atoms with van der Waals surface area (Å²) < 4.78 is 0. The van der Waals surface area contributed by atoms with Gasteiger partial charge < -0.3 is 10.4 Å². The molecule has 0 aliphatic heterocycles. The predicted octanol–water partition coefficient (Wildman–Crippen LogP) is 1.99. The Hall–Kier alpha value is -1.84. The van der Waals surface area contributed by atoms with Crippen molar-refractivity contribution in [1.82, 2.24) is 5.32 Å². The maximum Gasteiger partial charge on any atom is 0.329 e. The lowest BCUT2D eigenvalue weighted by molar-refractivity contribution is -0.148. The van der Waals surface area contributed by atoms with E-state index in [2.05, 4.69) is 5.32 Å². The number of aliphatic carboxylic acids is 1. The Morgan fingerprint density at radius 3 is 2.17 bits per heavy atom. The third kappa shape index (κ3) is 3.32. The zero-order chi connectivity index (χ0) is 13.6. The number of nitrogens with one attached hydrogen (secondary N) is 1. The highest BCUT2D eigenvalue weighted by Gasteiger charge is 2.36. The molecule has 2 N–H and O–H groups in total. The molecule has 0 fully saturated rings. The lowest BCUT2D eigenvalue weighted by atomic mass is 9.92. The van der Waals surface area contributed by atoms with E-state index in [0.717, 1.165) is 5.56 Å². The maximum absolute atomic E-state index is 11.9. The number of hydrogen-bond donors (Lipinski definition) is 2. The zero-order valence-electron chi connectivity index (χ0n) is 10.8. The van der Waals surface area contributed by atoms with Crippen LogP contribution in [-0.4, -0.2) is 22.5 Å². The molecule has 0 spiro atoms. The first-order valence-corrected chi connectivity index (χ1v) is 6.12. The first-order chi connectivity index (χ1) is 8.54. The lowest BCUT2D eigenvalue weighted by Gasteiger charge is -2.28. The van der Waals surface area contributed by atoms with E-state index >= 15 is 0 Å². The van der Waals surface area contributed by atoms with Gasteiger partial charge in [-0.05, 0) is 18.4 Å². The number of rotatable bonds is 6. The number of carboxylic acids is 1. The van der Waals surface area contributed by atoms with E-state index in [1.165, 1.54) is 0 Å². The van der Waals surface area contributed by atoms with Gasteiger partial charge in [0.2, 0.25) is 5.91 Å². The minimum Gasteiger partial charge on any atom is -0.480 e. The Morgan fingerprint density at radius 2 is 1.72 bits per heavy atom. The van der Waals surface area contributed by atoms with Gasteiger partial charge in [-0.1, -0.05) is 44.2 Å². The second-order valence-electron chi connectivity index (χ2n) is 4.30. The van der Waals surface area contributed by atoms with Crippen LogP contribution >= 0.6 is 0 Å². The van der Waals surface area contributed by atoms with Crippen molar-refractivity contribution in [3.05, 3.63) is 35.9 Å². The Balaban J connectivity index is 2.71. The van der Waals surface area contributed by atoms with Crippen LogP contribution in [0.25, 0.3) is 0 Å². The fourth-order valence-corrected chi connectivity index (χ4v) is 1.88. The monoisotopic (exact) mass is 249 g/mol. The molecule has 18 heavy (non-hydrogen) atoms. The summed E-state index contributed by atoms with van der Waals surface area (Å²) in [4.78, 5) is 23.1. The van der Waals surface area contributed by atoms with Gasteiger partial charge in [-0.15, -0.1) is 0 Å². The maximum atomic E-state index is 11.9. The highest BCUT2D eigenvalue weighted by Crippen LogP contribution is 2.15. The third-order valence-corrected chi connectivity index (χ3v) is 3.20. The molecule has 0 aliphatic rings. The fourth-order valence-electron chi connectivity index (χ4n) is 1.88. The van der Waals surface area contributed by atoms with E-state index in [-0.39, 0.29) is 12.3 Å². The van der Waals surface area contributed by atoms with Crippen molar-refractivity contribution in [2.75, 3.05) is 0 Å². The molecule has 0 radical (unpaired) electrons. The largest absolute Gasteiger partial charge is 0.480 e. The second kappa shape index (κ2) is 6.19. The molecular weight excluding hydrogens is 230 g/mol. The molecule has 4 nitrogen and oxygen atoms in total. The second-order valence-corrected chi connectivity index (χ2v) is 4.30. The summed E-state index contributed by atoms with van der Waals surface area (Å²) >= 11 is 0. The first kappa shape index (κ1) is 14.2. The van der Waals surface area contributed by atoms with E-state index in [4.69, 9.17) is 0 Å². The fraction of sp³-hybridized carbons (Fsp3) is 0.429. The summed E-state index contributed by atoms with van der Waals surface area (Å²) in [6, 6.07) is 9.28. The quantitative estimate of drug-likeness (QED) is 0.810. The average molecular weight is 249 g/mol. The van der Waals surface area contributed by atoms with Crippen LogP contribution in [0.5, 0.6) is 0 Å². The van der Waals surface area contributed by atoms with Crippen molar-refractivity contribution in [3.8, 4) is 0 Å². The van der Waals surface area contributed by atoms with E-state index in [9.17, 15) is 14.7 Å². The van der Waals surface area contributed by atoms with E-state index in [0.29, 0.717) is 12.8 Å². The van der Waals surface area contributed by atoms with Crippen molar-refractivity contribution < 1.29 is 14.7 Å². The lowest BCUT2D eigenvalue weighted by Crippen LogP contribution is -2.54. The van der Waals surface area contributed by atoms with Crippen LogP contribution in [0.15, 0.2) is 30.3 Å². The molecule has 0 saturated heterocycles. The van der Waals surface area contributed by atoms with Gasteiger partial charge >= 0.3 is 5.97 Å². The smallest absolute Gasteiger partial charge is 0.329 e. The molecule has 0 aromatic heterocycles. The van der Waals surface area contributed by atoms with E-state index in [1.807, 2.05) is 30.3 Å². The highest BCUT2D eigenvalue weighted by molar-refractivity contribution is 5.87. The molecule has 4 heteroatoms. The van der Waals surface area contributed by atoms with Gasteiger partial charge in [0.25, 0.3) is 0 Å². The third-order valence-electron chi connectivity index (χ3n) is 3.20. The number of amides is 1. The molecule has 0 unspecified atom stereocenters. The number of benzene rings is 1. The predicted molar refractivity (Wildman–Crippen MR) is 69.2 cm³/mol. The number of carbonyl (C=O) groups excluding carboxylic acids is 1. The SMILES string of the molecule is CCC(CC)(NC(=O)Cc1ccccc1)C(=O)O. The highest BCUT2D eigenvalue weighted by atomic mass is 16.4. The topological polar surface area (TPSA) is 66.4 Å². The molecule has 1 aromatic rings. The molecule has 98 valence electrons. The van der Waals surface area contributed by atoms with Crippen LogP contribution in [0.4, 0.5) is 0 Å².